The summed E-state index contributed by atoms with van der Waals surface area (Å²) in [6, 6.07) is 0. The van der Waals surface area contributed by atoms with Gasteiger partial charge < -0.3 is 4.74 Å². The van der Waals surface area contributed by atoms with Gasteiger partial charge in [-0.3, -0.25) is 0 Å². The van der Waals surface area contributed by atoms with Gasteiger partial charge in [0.2, 0.25) is 0 Å². The molecule has 0 aromatic carbocycles. The Morgan fingerprint density at radius 1 is 1.07 bits per heavy atom. The Hall–Kier alpha value is -0.560. The summed E-state index contributed by atoms with van der Waals surface area (Å²) in [7, 11) is 0. The Morgan fingerprint density at radius 3 is 2.87 bits per heavy atom. The molecule has 5 atom stereocenters. The third-order valence-electron chi connectivity index (χ3n) is 4.27. The molecule has 0 radical (unpaired) electrons. The van der Waals surface area contributed by atoms with Crippen molar-refractivity contribution in [2.24, 2.45) is 17.8 Å². The minimum absolute atomic E-state index is 0.379. The van der Waals surface area contributed by atoms with Crippen molar-refractivity contribution in [1.29, 1.82) is 0 Å². The van der Waals surface area contributed by atoms with E-state index >= 15 is 0 Å². The van der Waals surface area contributed by atoms with E-state index in [1.807, 2.05) is 0 Å². The van der Waals surface area contributed by atoms with Crippen molar-refractivity contribution in [2.45, 2.75) is 44.8 Å². The van der Waals surface area contributed by atoms with Crippen LogP contribution in [-0.4, -0.2) is 12.2 Å². The van der Waals surface area contributed by atoms with Crippen molar-refractivity contribution < 1.29 is 4.74 Å². The van der Waals surface area contributed by atoms with E-state index in [0.717, 1.165) is 11.8 Å². The molecule has 1 heteroatoms. The van der Waals surface area contributed by atoms with Crippen LogP contribution in [0.1, 0.15) is 32.6 Å². The first-order chi connectivity index (χ1) is 7.33. The molecule has 2 fully saturated rings. The molecule has 1 heterocycles. The summed E-state index contributed by atoms with van der Waals surface area (Å²) in [5.41, 5.74) is 0. The maximum atomic E-state index is 6.15. The summed E-state index contributed by atoms with van der Waals surface area (Å²) < 4.78 is 6.15. The van der Waals surface area contributed by atoms with Gasteiger partial charge in [-0.25, -0.2) is 0 Å². The number of rotatable bonds is 0. The molecule has 2 aliphatic carbocycles. The summed E-state index contributed by atoms with van der Waals surface area (Å²) in [4.78, 5) is 0. The molecule has 5 unspecified atom stereocenters. The zero-order valence-electron chi connectivity index (χ0n) is 9.43. The monoisotopic (exact) mass is 204 g/mol. The predicted molar refractivity (Wildman–Crippen MR) is 61.6 cm³/mol. The molecule has 1 nitrogen and oxygen atoms in total. The fraction of sp³-hybridized carbons (Fsp3) is 0.714. The van der Waals surface area contributed by atoms with Crippen LogP contribution in [0.4, 0.5) is 0 Å². The highest BCUT2D eigenvalue weighted by molar-refractivity contribution is 5.18. The third-order valence-corrected chi connectivity index (χ3v) is 4.27. The Bertz CT molecular complexity index is 290. The van der Waals surface area contributed by atoms with Crippen molar-refractivity contribution in [3.8, 4) is 0 Å². The lowest BCUT2D eigenvalue weighted by Gasteiger charge is -2.39. The van der Waals surface area contributed by atoms with Gasteiger partial charge in [-0.15, -0.1) is 0 Å². The number of ether oxygens (including phenoxy) is 1. The molecule has 3 rings (SSSR count). The van der Waals surface area contributed by atoms with Crippen molar-refractivity contribution in [2.75, 3.05) is 0 Å². The van der Waals surface area contributed by atoms with Crippen molar-refractivity contribution in [1.82, 2.24) is 0 Å². The highest BCUT2D eigenvalue weighted by atomic mass is 16.5. The van der Waals surface area contributed by atoms with Gasteiger partial charge in [-0.05, 0) is 37.5 Å². The lowest BCUT2D eigenvalue weighted by atomic mass is 9.77. The number of hydrogen-bond donors (Lipinski definition) is 0. The van der Waals surface area contributed by atoms with Crippen molar-refractivity contribution >= 4 is 0 Å². The second kappa shape index (κ2) is 3.79. The predicted octanol–water partition coefficient (Wildman–Crippen LogP) is 3.32. The smallest absolute Gasteiger partial charge is 0.0827 e. The molecule has 0 amide bonds. The number of allylic oxidation sites excluding steroid dienone is 2. The minimum Gasteiger partial charge on any atom is -0.370 e. The first-order valence-electron chi connectivity index (χ1n) is 6.33. The first-order valence-corrected chi connectivity index (χ1v) is 6.33. The molecule has 82 valence electrons. The van der Waals surface area contributed by atoms with Gasteiger partial charge in [-0.1, -0.05) is 31.2 Å². The van der Waals surface area contributed by atoms with Gasteiger partial charge in [-0.2, -0.15) is 0 Å². The molecule has 15 heavy (non-hydrogen) atoms. The zero-order valence-corrected chi connectivity index (χ0v) is 9.43. The molecule has 1 aliphatic heterocycles. The number of hydrogen-bond acceptors (Lipinski definition) is 1. The topological polar surface area (TPSA) is 9.23 Å². The van der Waals surface area contributed by atoms with Crippen LogP contribution in [0.5, 0.6) is 0 Å². The lowest BCUT2D eigenvalue weighted by Crippen LogP contribution is -2.39. The van der Waals surface area contributed by atoms with Gasteiger partial charge in [0.25, 0.3) is 0 Å². The summed E-state index contributed by atoms with van der Waals surface area (Å²) in [5, 5.41) is 0. The van der Waals surface area contributed by atoms with E-state index in [9.17, 15) is 0 Å². The van der Waals surface area contributed by atoms with Gasteiger partial charge in [0, 0.05) is 5.92 Å². The summed E-state index contributed by atoms with van der Waals surface area (Å²) in [5.74, 6) is 2.42. The van der Waals surface area contributed by atoms with Crippen LogP contribution in [0.25, 0.3) is 0 Å². The molecular weight excluding hydrogens is 184 g/mol. The Kier molecular flexibility index (Phi) is 2.44. The standard InChI is InChI=1S/C14H20O/c1-10-6-7-12-9-11(8-10)13-4-2-3-5-14(13)15-12/h2-5,10-14H,6-9H2,1H3. The molecule has 0 spiro atoms. The zero-order chi connectivity index (χ0) is 10.3. The average Bonchev–Trinajstić information content (AvgIpc) is 2.40. The van der Waals surface area contributed by atoms with Crippen molar-refractivity contribution in [3.05, 3.63) is 24.3 Å². The highest BCUT2D eigenvalue weighted by Crippen LogP contribution is 2.42. The van der Waals surface area contributed by atoms with E-state index in [4.69, 9.17) is 4.74 Å². The van der Waals surface area contributed by atoms with Crippen LogP contribution in [-0.2, 0) is 4.74 Å². The fourth-order valence-corrected chi connectivity index (χ4v) is 3.48. The van der Waals surface area contributed by atoms with Crippen LogP contribution < -0.4 is 0 Å². The minimum atomic E-state index is 0.379. The highest BCUT2D eigenvalue weighted by Gasteiger charge is 2.38. The van der Waals surface area contributed by atoms with Crippen LogP contribution in [0.2, 0.25) is 0 Å². The van der Waals surface area contributed by atoms with Crippen LogP contribution in [0.15, 0.2) is 24.3 Å². The maximum Gasteiger partial charge on any atom is 0.0827 e. The van der Waals surface area contributed by atoms with Gasteiger partial charge in [0.1, 0.15) is 0 Å². The Morgan fingerprint density at radius 2 is 1.93 bits per heavy atom. The molecule has 0 aromatic heterocycles. The quantitative estimate of drug-likeness (QED) is 0.588. The van der Waals surface area contributed by atoms with Crippen LogP contribution in [0, 0.1) is 17.8 Å². The summed E-state index contributed by atoms with van der Waals surface area (Å²) >= 11 is 0. The van der Waals surface area contributed by atoms with Gasteiger partial charge >= 0.3 is 0 Å². The molecule has 1 saturated carbocycles. The van der Waals surface area contributed by atoms with Crippen molar-refractivity contribution in [3.63, 3.8) is 0 Å². The van der Waals surface area contributed by atoms with Crippen LogP contribution >= 0.6 is 0 Å². The normalized spacial score (nSPS) is 48.5. The van der Waals surface area contributed by atoms with E-state index < -0.39 is 0 Å². The second-order valence-electron chi connectivity index (χ2n) is 5.48. The summed E-state index contributed by atoms with van der Waals surface area (Å²) in [6.07, 6.45) is 15.2. The van der Waals surface area contributed by atoms with E-state index in [-0.39, 0.29) is 0 Å². The molecule has 0 N–H and O–H groups in total. The molecule has 2 bridgehead atoms. The average molecular weight is 204 g/mol. The van der Waals surface area contributed by atoms with E-state index in [2.05, 4.69) is 31.2 Å². The third kappa shape index (κ3) is 1.78. The van der Waals surface area contributed by atoms with Gasteiger partial charge in [0.15, 0.2) is 0 Å². The SMILES string of the molecule is CC1CCC2CC(C1)C1C=CC=CC1O2. The number of fused-ring (bicyclic) bond motifs is 4. The molecule has 0 aromatic rings. The Labute approximate surface area is 92.2 Å². The molecule has 1 saturated heterocycles. The molecular formula is C14H20O. The largest absolute Gasteiger partial charge is 0.370 e. The van der Waals surface area contributed by atoms with Crippen LogP contribution in [0.3, 0.4) is 0 Å². The fourth-order valence-electron chi connectivity index (χ4n) is 3.48. The van der Waals surface area contributed by atoms with E-state index in [1.165, 1.54) is 25.7 Å². The molecule has 3 aliphatic rings. The van der Waals surface area contributed by atoms with Gasteiger partial charge in [0.05, 0.1) is 12.2 Å². The maximum absolute atomic E-state index is 6.15. The van der Waals surface area contributed by atoms with E-state index in [1.54, 1.807) is 0 Å². The Balaban J connectivity index is 1.84. The summed E-state index contributed by atoms with van der Waals surface area (Å²) in [6.45, 7) is 2.40. The van der Waals surface area contributed by atoms with E-state index in [0.29, 0.717) is 18.1 Å². The second-order valence-corrected chi connectivity index (χ2v) is 5.48. The lowest BCUT2D eigenvalue weighted by molar-refractivity contribution is -0.0714. The first kappa shape index (κ1) is 9.65.